The number of carboxylic acids is 4. The number of carbonyl (C=O) groups excluding carboxylic acids is 13. The van der Waals surface area contributed by atoms with Crippen molar-refractivity contribution < 1.29 is 117 Å². The van der Waals surface area contributed by atoms with Crippen molar-refractivity contribution in [3.63, 3.8) is 0 Å². The number of thiazole rings is 1. The molecule has 0 aliphatic carbocycles. The standard InChI is InChI=1S/C95H137N11O24S3/c1-9-26-86(118)130-58-106(91(122)71(60(5)10-2)52-81(111)77-32-23-24-42-105(77)8)78(59(3)4)46-62(7)90-103-76(57-131-90)89(121)100-68(48-65-35-37-70(108)38-36-65)45-61(6)82(112)55-99-95(128)129-43-44-132-133-56-67(92(123)124)51-80(110)75(53-85(116)117)102-88(120)72(96)54-98-87(119)66(47-63-27-17-15-18-28-63)50-79(109)74(49-64-29-19-16-20-30-64)101-83(113)33-22-14-12-11-13-21-31-69(107)39-40-73(93(125)126)104-94(127)97-41-25-34-84(114)115/h15-20,27-30,35-38,57,59-62,66-68,71-75,77-78,108H,9-14,21-26,31-34,39-56,58,96H2,1-8H3,(H,98,119)(H,99,128)(H,100,121)(H,101,113)(H,102,120)(H,114,115)(H,116,117)(H,123,124)(H,125,126)(H2,97,104,127)/t60?,61-,62+,66+,67-,68+,71-,72-,73-,74-,75-,77+,78+/m0/s1. The van der Waals surface area contributed by atoms with Gasteiger partial charge in [-0.15, -0.1) is 11.3 Å². The number of nitrogens with two attached hydrogens (primary N) is 1. The molecule has 1 fully saturated rings. The fourth-order valence-corrected chi connectivity index (χ4v) is 18.4. The Morgan fingerprint density at radius 1 is 0.609 bits per heavy atom. The fourth-order valence-electron chi connectivity index (χ4n) is 15.4. The van der Waals surface area contributed by atoms with Gasteiger partial charge in [-0.3, -0.25) is 72.0 Å². The molecular weight excluding hydrogens is 1780 g/mol. The number of unbranched alkanes of at least 4 members (excludes halogenated alkanes) is 5. The first-order valence-electron chi connectivity index (χ1n) is 46.0. The lowest BCUT2D eigenvalue weighted by molar-refractivity contribution is -0.160. The zero-order valence-corrected chi connectivity index (χ0v) is 80.1. The number of likely N-dealkylation sites (tertiary alicyclic amines) is 1. The van der Waals surface area contributed by atoms with E-state index in [1.165, 1.54) is 23.5 Å². The van der Waals surface area contributed by atoms with Gasteiger partial charge in [0.05, 0.1) is 42.0 Å². The lowest BCUT2D eigenvalue weighted by atomic mass is 9.82. The Bertz CT molecular complexity index is 4430. The number of urea groups is 1. The van der Waals surface area contributed by atoms with Crippen molar-refractivity contribution in [1.29, 1.82) is 0 Å². The Balaban J connectivity index is 1.09. The molecule has 5 rings (SSSR count). The number of phenols is 1. The Morgan fingerprint density at radius 2 is 1.25 bits per heavy atom. The van der Waals surface area contributed by atoms with Crippen LogP contribution in [-0.2, 0) is 95.9 Å². The quantitative estimate of drug-likeness (QED) is 0.00845. The van der Waals surface area contributed by atoms with Crippen molar-refractivity contribution in [3.8, 4) is 5.75 Å². The number of ketones is 5. The van der Waals surface area contributed by atoms with E-state index in [-0.39, 0.29) is 168 Å². The van der Waals surface area contributed by atoms with Gasteiger partial charge in [-0.1, -0.05) is 181 Å². The largest absolute Gasteiger partial charge is 0.508 e. The van der Waals surface area contributed by atoms with Crippen molar-refractivity contribution in [2.45, 2.75) is 270 Å². The lowest BCUT2D eigenvalue weighted by Crippen LogP contribution is -2.53. The summed E-state index contributed by atoms with van der Waals surface area (Å²) < 4.78 is 11.1. The van der Waals surface area contributed by atoms with Crippen molar-refractivity contribution >= 4 is 133 Å². The first-order valence-corrected chi connectivity index (χ1v) is 49.4. The number of aromatic hydroxyl groups is 1. The van der Waals surface area contributed by atoms with Crippen LogP contribution in [0.15, 0.2) is 90.3 Å². The van der Waals surface area contributed by atoms with Gasteiger partial charge in [-0.2, -0.15) is 0 Å². The number of hydrogen-bond donors (Lipinski definition) is 13. The van der Waals surface area contributed by atoms with Crippen molar-refractivity contribution in [2.75, 3.05) is 58.1 Å². The summed E-state index contributed by atoms with van der Waals surface area (Å²) in [6.07, 6.45) is 5.88. The molecule has 1 saturated heterocycles. The first kappa shape index (κ1) is 113. The van der Waals surface area contributed by atoms with Gasteiger partial charge in [0, 0.05) is 117 Å². The molecule has 1 aliphatic heterocycles. The monoisotopic (exact) mass is 1910 g/mol. The van der Waals surface area contributed by atoms with Crippen LogP contribution in [0, 0.1) is 35.5 Å². The molecule has 0 saturated carbocycles. The van der Waals surface area contributed by atoms with Crippen molar-refractivity contribution in [2.24, 2.45) is 41.2 Å². The van der Waals surface area contributed by atoms with E-state index >= 15 is 4.79 Å². The van der Waals surface area contributed by atoms with Crippen LogP contribution in [0.5, 0.6) is 5.75 Å². The second-order valence-electron chi connectivity index (χ2n) is 34.7. The molecule has 13 atom stereocenters. The summed E-state index contributed by atoms with van der Waals surface area (Å²) in [6.45, 7) is 12.7. The Hall–Kier alpha value is -10.7. The molecule has 0 radical (unpaired) electrons. The number of alkyl carbamates (subject to hydrolysis) is 1. The minimum Gasteiger partial charge on any atom is -0.508 e. The summed E-state index contributed by atoms with van der Waals surface area (Å²) in [4.78, 5) is 232. The maximum atomic E-state index is 15.0. The van der Waals surface area contributed by atoms with E-state index in [1.54, 1.807) is 90.0 Å². The molecule has 1 aliphatic rings. The minimum absolute atomic E-state index is 0.0204. The number of carboxylic acid groups (broad SMARTS) is 4. The highest BCUT2D eigenvalue weighted by molar-refractivity contribution is 8.76. The number of amides is 8. The van der Waals surface area contributed by atoms with Crippen LogP contribution in [0.4, 0.5) is 9.59 Å². The molecule has 0 spiro atoms. The van der Waals surface area contributed by atoms with Crippen LogP contribution in [0.3, 0.4) is 0 Å². The van der Waals surface area contributed by atoms with Crippen molar-refractivity contribution in [1.82, 2.24) is 52.0 Å². The predicted molar refractivity (Wildman–Crippen MR) is 503 cm³/mol. The third-order valence-electron chi connectivity index (χ3n) is 23.5. The topological polar surface area (TPSA) is 539 Å². The molecular formula is C95H137N11O24S3. The van der Waals surface area contributed by atoms with E-state index in [1.807, 2.05) is 48.6 Å². The number of aromatic nitrogens is 1. The minimum atomic E-state index is -1.75. The summed E-state index contributed by atoms with van der Waals surface area (Å²) in [5, 5.41) is 68.6. The van der Waals surface area contributed by atoms with Crippen LogP contribution >= 0.6 is 32.9 Å². The van der Waals surface area contributed by atoms with Crippen molar-refractivity contribution in [3.05, 3.63) is 118 Å². The first-order chi connectivity index (χ1) is 63.4. The molecule has 133 heavy (non-hydrogen) atoms. The van der Waals surface area contributed by atoms with Gasteiger partial charge < -0.3 is 82.9 Å². The maximum absolute atomic E-state index is 15.0. The Labute approximate surface area is 790 Å². The second kappa shape index (κ2) is 61.2. The number of likely N-dealkylation sites (N-methyl/N-ethyl adjacent to an activating group) is 1. The van der Waals surface area contributed by atoms with Gasteiger partial charge in [-0.25, -0.2) is 19.4 Å². The molecule has 734 valence electrons. The van der Waals surface area contributed by atoms with Gasteiger partial charge in [0.15, 0.2) is 29.9 Å². The third kappa shape index (κ3) is 43.5. The molecule has 1 unspecified atom stereocenters. The normalized spacial score (nSPS) is 15.3. The predicted octanol–water partition coefficient (Wildman–Crippen LogP) is 10.3. The highest BCUT2D eigenvalue weighted by Gasteiger charge is 2.40. The summed E-state index contributed by atoms with van der Waals surface area (Å²) >= 11 is 1.27. The Morgan fingerprint density at radius 3 is 1.87 bits per heavy atom. The van der Waals surface area contributed by atoms with E-state index in [0.717, 1.165) is 71.4 Å². The summed E-state index contributed by atoms with van der Waals surface area (Å²) in [7, 11) is 4.04. The van der Waals surface area contributed by atoms with Crippen LogP contribution in [-0.4, -0.2) is 241 Å². The number of rotatable bonds is 67. The highest BCUT2D eigenvalue weighted by atomic mass is 33.1. The smallest absolute Gasteiger partial charge is 0.407 e. The van der Waals surface area contributed by atoms with Crippen LogP contribution in [0.2, 0.25) is 0 Å². The molecule has 3 aromatic carbocycles. The fraction of sp³-hybridized carbons (Fsp3) is 0.600. The van der Waals surface area contributed by atoms with E-state index in [2.05, 4.69) is 42.1 Å². The molecule has 2 heterocycles. The van der Waals surface area contributed by atoms with Gasteiger partial charge in [-0.05, 0) is 131 Å². The number of carbonyl (C=O) groups is 17. The van der Waals surface area contributed by atoms with E-state index in [0.29, 0.717) is 55.5 Å². The second-order valence-corrected chi connectivity index (χ2v) is 38.2. The van der Waals surface area contributed by atoms with Gasteiger partial charge >= 0.3 is 42.0 Å². The molecule has 35 nitrogen and oxygen atoms in total. The number of nitrogens with zero attached hydrogens (tertiary/aromatic N) is 3. The SMILES string of the molecule is CCCC(=O)OCN(C(=O)[C@@H](CC(=O)[C@H]1CCCCN1C)C(C)CC)[C@H](C[C@@H](C)c1nc(C(=O)N[C@@H](Cc2ccc(O)cc2)C[C@H](C)C(=O)CNC(=O)OCCSSC[C@H](CC(=O)[C@H](CC(=O)O)NC(=O)[C@@H](N)CNC(=O)[C@@H](CC(=O)[C@H](Cc2ccccc2)NC(=O)CCCCCCCCC(=O)CC[C@H](NC(=O)NCCCC(=O)O)C(=O)O)Cc2ccccc2)C(=O)O)cs1)C(C)C. The van der Waals surface area contributed by atoms with Crippen LogP contribution < -0.4 is 43.0 Å². The number of piperidine rings is 1. The van der Waals surface area contributed by atoms with Gasteiger partial charge in [0.25, 0.3) is 5.91 Å². The van der Waals surface area contributed by atoms with Crippen LogP contribution in [0.25, 0.3) is 0 Å². The molecule has 38 heteroatoms. The molecule has 1 aromatic heterocycles. The van der Waals surface area contributed by atoms with E-state index in [9.17, 15) is 97.1 Å². The summed E-state index contributed by atoms with van der Waals surface area (Å²) in [5.41, 5.74) is 8.51. The highest BCUT2D eigenvalue weighted by Crippen LogP contribution is 2.34. The van der Waals surface area contributed by atoms with Crippen LogP contribution in [0.1, 0.15) is 241 Å². The lowest BCUT2D eigenvalue weighted by Gasteiger charge is -2.39. The number of benzene rings is 3. The zero-order chi connectivity index (χ0) is 98.1. The van der Waals surface area contributed by atoms with E-state index < -0.39 is 169 Å². The molecule has 14 N–H and O–H groups in total. The number of hydrogen-bond acceptors (Lipinski definition) is 26. The number of Topliss-reactive ketones (excluding diaryl/α,β-unsaturated/α-hetero) is 5. The molecule has 0 bridgehead atoms. The number of phenolic OH excluding ortho intramolecular Hbond substituents is 1. The number of aliphatic carboxylic acids is 4. The average molecular weight is 1910 g/mol. The van der Waals surface area contributed by atoms with E-state index in [4.69, 9.17) is 25.3 Å². The molecule has 8 amide bonds. The number of nitrogens with one attached hydrogen (secondary N) is 7. The average Bonchev–Trinajstić information content (AvgIpc) is 1.78. The number of esters is 1. The Kier molecular flexibility index (Phi) is 51.9. The van der Waals surface area contributed by atoms with Gasteiger partial charge in [0.2, 0.25) is 23.6 Å². The van der Waals surface area contributed by atoms with Gasteiger partial charge in [0.1, 0.15) is 35.9 Å². The maximum Gasteiger partial charge on any atom is 0.407 e. The molecule has 4 aromatic rings. The summed E-state index contributed by atoms with van der Waals surface area (Å²) in [6, 6.07) is 16.1. The number of ether oxygens (including phenoxy) is 2. The summed E-state index contributed by atoms with van der Waals surface area (Å²) in [5.74, 6) is -15.1. The zero-order valence-electron chi connectivity index (χ0n) is 77.6. The third-order valence-corrected chi connectivity index (χ3v) is 27.0.